The highest BCUT2D eigenvalue weighted by Gasteiger charge is 2.24. The van der Waals surface area contributed by atoms with E-state index in [1.165, 1.54) is 0 Å². The summed E-state index contributed by atoms with van der Waals surface area (Å²) in [4.78, 5) is 22.8. The van der Waals surface area contributed by atoms with E-state index in [2.05, 4.69) is 0 Å². The van der Waals surface area contributed by atoms with Crippen LogP contribution in [0.4, 0.5) is 0 Å². The quantitative estimate of drug-likeness (QED) is 0.512. The number of hydrogen-bond donors (Lipinski definition) is 0. The van der Waals surface area contributed by atoms with Gasteiger partial charge in [0, 0.05) is 22.3 Å². The Bertz CT molecular complexity index is 268. The fourth-order valence-electron chi connectivity index (χ4n) is 1.24. The Labute approximate surface area is 72.0 Å². The van der Waals surface area contributed by atoms with Crippen LogP contribution in [0.25, 0.3) is 0 Å². The number of Topliss-reactive ketones (excluding diaryl/α,β-unsaturated/α-hetero) is 2. The molecule has 0 saturated carbocycles. The average Bonchev–Trinajstić information content (AvgIpc) is 2.08. The number of rotatable bonds is 0. The van der Waals surface area contributed by atoms with Crippen LogP contribution < -0.4 is 0 Å². The molecule has 0 radical (unpaired) electrons. The molecule has 0 amide bonds. The van der Waals surface area contributed by atoms with Crippen molar-refractivity contribution >= 4 is 11.6 Å². The minimum atomic E-state index is 0.00426. The first-order valence-electron chi connectivity index (χ1n) is 3.91. The van der Waals surface area contributed by atoms with E-state index in [1.54, 1.807) is 27.7 Å². The molecule has 1 aliphatic carbocycles. The van der Waals surface area contributed by atoms with Gasteiger partial charge in [0.25, 0.3) is 0 Å². The van der Waals surface area contributed by atoms with E-state index < -0.39 is 0 Å². The lowest BCUT2D eigenvalue weighted by Crippen LogP contribution is -2.18. The Morgan fingerprint density at radius 2 is 0.750 bits per heavy atom. The highest BCUT2D eigenvalue weighted by molar-refractivity contribution is 6.24. The van der Waals surface area contributed by atoms with E-state index >= 15 is 0 Å². The van der Waals surface area contributed by atoms with E-state index in [0.29, 0.717) is 22.3 Å². The molecule has 0 aromatic carbocycles. The molecule has 0 N–H and O–H groups in total. The van der Waals surface area contributed by atoms with Crippen molar-refractivity contribution in [3.05, 3.63) is 22.3 Å². The topological polar surface area (TPSA) is 34.1 Å². The second kappa shape index (κ2) is 2.70. The molecule has 0 saturated heterocycles. The minimum absolute atomic E-state index is 0.00426. The van der Waals surface area contributed by atoms with Gasteiger partial charge in [-0.2, -0.15) is 0 Å². The molecule has 0 aliphatic heterocycles. The van der Waals surface area contributed by atoms with Crippen molar-refractivity contribution in [3.63, 3.8) is 0 Å². The summed E-state index contributed by atoms with van der Waals surface area (Å²) < 4.78 is 0. The smallest absolute Gasteiger partial charge is 0.185 e. The second-order valence-corrected chi connectivity index (χ2v) is 3.16. The maximum atomic E-state index is 11.4. The predicted octanol–water partition coefficient (Wildman–Crippen LogP) is 1.81. The largest absolute Gasteiger partial charge is 0.289 e. The van der Waals surface area contributed by atoms with Crippen LogP contribution in [0.3, 0.4) is 0 Å². The van der Waals surface area contributed by atoms with Crippen LogP contribution in [-0.2, 0) is 9.59 Å². The van der Waals surface area contributed by atoms with Crippen LogP contribution in [-0.4, -0.2) is 11.6 Å². The fraction of sp³-hybridized carbons (Fsp3) is 0.400. The Hall–Kier alpha value is -1.18. The summed E-state index contributed by atoms with van der Waals surface area (Å²) >= 11 is 0. The number of ketones is 2. The van der Waals surface area contributed by atoms with E-state index in [-0.39, 0.29) is 11.6 Å². The van der Waals surface area contributed by atoms with Crippen molar-refractivity contribution in [2.45, 2.75) is 27.7 Å². The van der Waals surface area contributed by atoms with Gasteiger partial charge in [-0.1, -0.05) is 0 Å². The molecule has 12 heavy (non-hydrogen) atoms. The van der Waals surface area contributed by atoms with Crippen LogP contribution in [0.5, 0.6) is 0 Å². The first kappa shape index (κ1) is 8.91. The zero-order chi connectivity index (χ0) is 9.46. The van der Waals surface area contributed by atoms with Crippen LogP contribution in [0.15, 0.2) is 22.3 Å². The highest BCUT2D eigenvalue weighted by Crippen LogP contribution is 2.23. The Kier molecular flexibility index (Phi) is 2.01. The van der Waals surface area contributed by atoms with Gasteiger partial charge in [0.1, 0.15) is 0 Å². The summed E-state index contributed by atoms with van der Waals surface area (Å²) in [6.07, 6.45) is 0. The monoisotopic (exact) mass is 164 g/mol. The zero-order valence-corrected chi connectivity index (χ0v) is 7.82. The van der Waals surface area contributed by atoms with Gasteiger partial charge >= 0.3 is 0 Å². The molecule has 1 rings (SSSR count). The first-order valence-corrected chi connectivity index (χ1v) is 3.91. The number of carbonyl (C=O) groups excluding carboxylic acids is 2. The van der Waals surface area contributed by atoms with Crippen molar-refractivity contribution in [2.24, 2.45) is 0 Å². The molecule has 1 aliphatic rings. The lowest BCUT2D eigenvalue weighted by Gasteiger charge is -2.15. The number of hydrogen-bond acceptors (Lipinski definition) is 2. The molecule has 2 nitrogen and oxygen atoms in total. The van der Waals surface area contributed by atoms with Crippen LogP contribution in [0.1, 0.15) is 27.7 Å². The summed E-state index contributed by atoms with van der Waals surface area (Å²) in [5.74, 6) is 0.00852. The lowest BCUT2D eigenvalue weighted by molar-refractivity contribution is -0.116. The van der Waals surface area contributed by atoms with Crippen molar-refractivity contribution in [3.8, 4) is 0 Å². The minimum Gasteiger partial charge on any atom is -0.289 e. The van der Waals surface area contributed by atoms with Gasteiger partial charge in [-0.05, 0) is 27.7 Å². The van der Waals surface area contributed by atoms with Crippen LogP contribution in [0.2, 0.25) is 0 Å². The Morgan fingerprint density at radius 1 is 0.583 bits per heavy atom. The standard InChI is InChI=1S/C10H12O2/c1-5-6(2)10(12)8(4)7(3)9(5)11/h1-4H3. The third-order valence-electron chi connectivity index (χ3n) is 2.49. The molecule has 0 atom stereocenters. The summed E-state index contributed by atoms with van der Waals surface area (Å²) in [6.45, 7) is 6.80. The second-order valence-electron chi connectivity index (χ2n) is 3.16. The van der Waals surface area contributed by atoms with Gasteiger partial charge in [0.2, 0.25) is 0 Å². The van der Waals surface area contributed by atoms with Gasteiger partial charge in [-0.15, -0.1) is 0 Å². The third kappa shape index (κ3) is 1.04. The van der Waals surface area contributed by atoms with Gasteiger partial charge in [0.15, 0.2) is 11.6 Å². The van der Waals surface area contributed by atoms with Gasteiger partial charge in [0.05, 0.1) is 0 Å². The zero-order valence-electron chi connectivity index (χ0n) is 7.82. The maximum Gasteiger partial charge on any atom is 0.185 e. The molecule has 2 heteroatoms. The summed E-state index contributed by atoms with van der Waals surface area (Å²) in [5, 5.41) is 0. The van der Waals surface area contributed by atoms with Crippen molar-refractivity contribution in [1.29, 1.82) is 0 Å². The predicted molar refractivity (Wildman–Crippen MR) is 46.8 cm³/mol. The molecule has 0 spiro atoms. The highest BCUT2D eigenvalue weighted by atomic mass is 16.1. The molecular formula is C10H12O2. The van der Waals surface area contributed by atoms with Crippen molar-refractivity contribution in [1.82, 2.24) is 0 Å². The first-order chi connectivity index (χ1) is 5.46. The van der Waals surface area contributed by atoms with E-state index in [1.807, 2.05) is 0 Å². The van der Waals surface area contributed by atoms with E-state index in [4.69, 9.17) is 0 Å². The molecule has 0 heterocycles. The molecule has 0 fully saturated rings. The summed E-state index contributed by atoms with van der Waals surface area (Å²) in [6, 6.07) is 0. The van der Waals surface area contributed by atoms with Crippen LogP contribution >= 0.6 is 0 Å². The van der Waals surface area contributed by atoms with Crippen molar-refractivity contribution < 1.29 is 9.59 Å². The van der Waals surface area contributed by atoms with Gasteiger partial charge in [-0.3, -0.25) is 9.59 Å². The molecular weight excluding hydrogens is 152 g/mol. The maximum absolute atomic E-state index is 11.4. The Morgan fingerprint density at radius 3 is 0.917 bits per heavy atom. The lowest BCUT2D eigenvalue weighted by atomic mass is 9.87. The van der Waals surface area contributed by atoms with E-state index in [0.717, 1.165) is 0 Å². The average molecular weight is 164 g/mol. The molecule has 0 aromatic rings. The van der Waals surface area contributed by atoms with Gasteiger partial charge < -0.3 is 0 Å². The summed E-state index contributed by atoms with van der Waals surface area (Å²) in [7, 11) is 0. The summed E-state index contributed by atoms with van der Waals surface area (Å²) in [5.41, 5.74) is 2.34. The molecule has 0 bridgehead atoms. The van der Waals surface area contributed by atoms with Crippen molar-refractivity contribution in [2.75, 3.05) is 0 Å². The molecule has 64 valence electrons. The fourth-order valence-corrected chi connectivity index (χ4v) is 1.24. The number of carbonyl (C=O) groups is 2. The molecule has 0 unspecified atom stereocenters. The van der Waals surface area contributed by atoms with Gasteiger partial charge in [-0.25, -0.2) is 0 Å². The SMILES string of the molecule is CC1=C(C)C(=O)C(C)=C(C)C1=O. The third-order valence-corrected chi connectivity index (χ3v) is 2.49. The number of allylic oxidation sites excluding steroid dienone is 4. The van der Waals surface area contributed by atoms with Crippen LogP contribution in [0, 0.1) is 0 Å². The van der Waals surface area contributed by atoms with E-state index in [9.17, 15) is 9.59 Å². The normalized spacial score (nSPS) is 19.3. The Balaban J connectivity index is 3.32. The molecule has 0 aromatic heterocycles.